The molecule has 8 heteroatoms. The number of aliphatic hydroxyl groups excluding tert-OH is 1. The molecule has 0 bridgehead atoms. The second kappa shape index (κ2) is 12.8. The fourth-order valence-electron chi connectivity index (χ4n) is 4.58. The summed E-state index contributed by atoms with van der Waals surface area (Å²) in [7, 11) is 0. The number of aliphatic imine (C=N–C) groups is 1. The first-order valence-electron chi connectivity index (χ1n) is 13.1. The van der Waals surface area contributed by atoms with Gasteiger partial charge in [-0.05, 0) is 59.7 Å². The van der Waals surface area contributed by atoms with E-state index in [1.807, 2.05) is 109 Å². The molecule has 3 N–H and O–H groups in total. The van der Waals surface area contributed by atoms with Crippen LogP contribution in [0, 0.1) is 0 Å². The van der Waals surface area contributed by atoms with Crippen LogP contribution in [0.15, 0.2) is 119 Å². The zero-order valence-electron chi connectivity index (χ0n) is 21.8. The second-order valence-electron chi connectivity index (χ2n) is 9.45. The highest BCUT2D eigenvalue weighted by molar-refractivity contribution is 9.10. The number of anilines is 1. The van der Waals surface area contributed by atoms with Crippen molar-refractivity contribution >= 4 is 33.4 Å². The molecule has 0 saturated heterocycles. The van der Waals surface area contributed by atoms with Crippen molar-refractivity contribution in [2.45, 2.75) is 24.5 Å². The highest BCUT2D eigenvalue weighted by Gasteiger charge is 2.53. The number of carbonyl (C=O) groups is 1. The van der Waals surface area contributed by atoms with Crippen molar-refractivity contribution in [1.82, 2.24) is 5.43 Å². The van der Waals surface area contributed by atoms with Crippen LogP contribution in [0.5, 0.6) is 5.75 Å². The van der Waals surface area contributed by atoms with Gasteiger partial charge in [0, 0.05) is 29.5 Å². The first kappa shape index (κ1) is 27.4. The predicted molar refractivity (Wildman–Crippen MR) is 159 cm³/mol. The molecular weight excluding hydrogens is 570 g/mol. The summed E-state index contributed by atoms with van der Waals surface area (Å²) < 4.78 is 13.2. The van der Waals surface area contributed by atoms with Crippen LogP contribution >= 0.6 is 15.9 Å². The number of rotatable bonds is 11. The third-order valence-electron chi connectivity index (χ3n) is 6.61. The summed E-state index contributed by atoms with van der Waals surface area (Å²) in [5.41, 5.74) is 7.91. The lowest BCUT2D eigenvalue weighted by atomic mass is 9.82. The third-order valence-corrected chi connectivity index (χ3v) is 7.14. The minimum atomic E-state index is -1.30. The van der Waals surface area contributed by atoms with Crippen molar-refractivity contribution in [3.8, 4) is 5.75 Å². The van der Waals surface area contributed by atoms with Crippen molar-refractivity contribution in [2.75, 3.05) is 18.6 Å². The van der Waals surface area contributed by atoms with Crippen LogP contribution in [0.1, 0.15) is 29.2 Å². The van der Waals surface area contributed by atoms with Gasteiger partial charge >= 0.3 is 0 Å². The Morgan fingerprint density at radius 1 is 0.925 bits per heavy atom. The number of hydrogen-bond acceptors (Lipinski definition) is 6. The first-order valence-corrected chi connectivity index (χ1v) is 13.9. The Bertz CT molecular complexity index is 1430. The van der Waals surface area contributed by atoms with Crippen LogP contribution in [0.2, 0.25) is 0 Å². The number of aliphatic hydroxyl groups is 1. The maximum absolute atomic E-state index is 14.2. The monoisotopic (exact) mass is 599 g/mol. The molecule has 5 rings (SSSR count). The molecule has 1 aliphatic rings. The Kier molecular flexibility index (Phi) is 8.78. The lowest BCUT2D eigenvalue weighted by molar-refractivity contribution is -0.128. The summed E-state index contributed by atoms with van der Waals surface area (Å²) in [6.45, 7) is 0.500. The molecule has 1 amide bonds. The van der Waals surface area contributed by atoms with Crippen LogP contribution in [-0.4, -0.2) is 35.7 Å². The average Bonchev–Trinajstić information content (AvgIpc) is 3.39. The molecule has 0 unspecified atom stereocenters. The minimum Gasteiger partial charge on any atom is -0.494 e. The summed E-state index contributed by atoms with van der Waals surface area (Å²) >= 11 is 3.50. The Hall–Kier alpha value is -4.14. The largest absolute Gasteiger partial charge is 0.494 e. The van der Waals surface area contributed by atoms with Gasteiger partial charge in [-0.1, -0.05) is 76.6 Å². The summed E-state index contributed by atoms with van der Waals surface area (Å²) in [4.78, 5) is 19.2. The van der Waals surface area contributed by atoms with E-state index in [0.717, 1.165) is 26.9 Å². The topological polar surface area (TPSA) is 92.2 Å². The molecule has 2 atom stereocenters. The number of para-hydroxylation sites is 1. The van der Waals surface area contributed by atoms with E-state index in [4.69, 9.17) is 19.6 Å². The van der Waals surface area contributed by atoms with Crippen molar-refractivity contribution in [1.29, 1.82) is 0 Å². The van der Waals surface area contributed by atoms with E-state index in [1.54, 1.807) is 0 Å². The van der Waals surface area contributed by atoms with Gasteiger partial charge in [-0.3, -0.25) is 15.6 Å². The van der Waals surface area contributed by atoms with Crippen LogP contribution < -0.4 is 15.6 Å². The lowest BCUT2D eigenvalue weighted by Crippen LogP contribution is -2.51. The maximum atomic E-state index is 14.2. The van der Waals surface area contributed by atoms with Gasteiger partial charge in [0.15, 0.2) is 11.6 Å². The molecule has 0 saturated carbocycles. The first-order chi connectivity index (χ1) is 19.6. The zero-order chi connectivity index (χ0) is 27.8. The van der Waals surface area contributed by atoms with E-state index in [0.29, 0.717) is 31.1 Å². The molecule has 1 aliphatic heterocycles. The van der Waals surface area contributed by atoms with Gasteiger partial charge < -0.3 is 14.6 Å². The Balaban J connectivity index is 1.53. The van der Waals surface area contributed by atoms with Gasteiger partial charge in [-0.25, -0.2) is 4.99 Å². The van der Waals surface area contributed by atoms with E-state index in [2.05, 4.69) is 26.8 Å². The standard InChI is InChI=1S/C32H30BrN3O4/c33-26-16-12-23(13-17-26)22-32(31(38)36-35-27-10-5-2-6-11-27)29(24-8-3-1-4-9-24)40-30(34-32)25-14-18-28(19-15-25)39-21-7-20-37/h1-6,8-19,29,35,37H,7,20-22H2,(H,36,38)/t29-,32-/m0/s1. The number of halogens is 1. The van der Waals surface area contributed by atoms with Crippen molar-refractivity contribution in [2.24, 2.45) is 4.99 Å². The van der Waals surface area contributed by atoms with E-state index in [9.17, 15) is 4.79 Å². The molecular formula is C32H30BrN3O4. The number of ether oxygens (including phenoxy) is 2. The Morgan fingerprint density at radius 2 is 1.60 bits per heavy atom. The number of hydrogen-bond donors (Lipinski definition) is 3. The average molecular weight is 601 g/mol. The number of nitrogens with one attached hydrogen (secondary N) is 2. The SMILES string of the molecule is O=C(NNc1ccccc1)[C@@]1(Cc2ccc(Br)cc2)N=C(c2ccc(OCCCO)cc2)O[C@H]1c1ccccc1. The number of hydrazine groups is 1. The van der Waals surface area contributed by atoms with Gasteiger partial charge in [0.2, 0.25) is 5.90 Å². The molecule has 0 spiro atoms. The Morgan fingerprint density at radius 3 is 2.27 bits per heavy atom. The molecule has 4 aromatic rings. The highest BCUT2D eigenvalue weighted by Crippen LogP contribution is 2.42. The number of nitrogens with zero attached hydrogens (tertiary/aromatic N) is 1. The second-order valence-corrected chi connectivity index (χ2v) is 10.4. The lowest BCUT2D eigenvalue weighted by Gasteiger charge is -2.31. The molecule has 0 fully saturated rings. The van der Waals surface area contributed by atoms with Gasteiger partial charge in [-0.2, -0.15) is 0 Å². The quantitative estimate of drug-likeness (QED) is 0.148. The fourth-order valence-corrected chi connectivity index (χ4v) is 4.85. The van der Waals surface area contributed by atoms with E-state index < -0.39 is 11.6 Å². The summed E-state index contributed by atoms with van der Waals surface area (Å²) in [5.74, 6) is 0.746. The van der Waals surface area contributed by atoms with Crippen LogP contribution in [0.4, 0.5) is 5.69 Å². The summed E-state index contributed by atoms with van der Waals surface area (Å²) in [5, 5.41) is 9.02. The number of benzene rings is 4. The fraction of sp³-hybridized carbons (Fsp3) is 0.188. The number of carbonyl (C=O) groups excluding carboxylic acids is 1. The van der Waals surface area contributed by atoms with Gasteiger partial charge in [0.1, 0.15) is 5.75 Å². The Labute approximate surface area is 242 Å². The molecule has 4 aromatic carbocycles. The summed E-state index contributed by atoms with van der Waals surface area (Å²) in [6, 6.07) is 34.4. The molecule has 40 heavy (non-hydrogen) atoms. The van der Waals surface area contributed by atoms with Crippen LogP contribution in [-0.2, 0) is 16.0 Å². The predicted octanol–water partition coefficient (Wildman–Crippen LogP) is 5.85. The molecule has 0 radical (unpaired) electrons. The molecule has 1 heterocycles. The van der Waals surface area contributed by atoms with Crippen molar-refractivity contribution < 1.29 is 19.4 Å². The smallest absolute Gasteiger partial charge is 0.270 e. The van der Waals surface area contributed by atoms with Crippen LogP contribution in [0.3, 0.4) is 0 Å². The van der Waals surface area contributed by atoms with Crippen LogP contribution in [0.25, 0.3) is 0 Å². The summed E-state index contributed by atoms with van der Waals surface area (Å²) in [6.07, 6.45) is 0.195. The zero-order valence-corrected chi connectivity index (χ0v) is 23.4. The van der Waals surface area contributed by atoms with Gasteiger partial charge in [0.05, 0.1) is 12.3 Å². The van der Waals surface area contributed by atoms with Gasteiger partial charge in [0.25, 0.3) is 5.91 Å². The molecule has 7 nitrogen and oxygen atoms in total. The maximum Gasteiger partial charge on any atom is 0.270 e. The van der Waals surface area contributed by atoms with E-state index >= 15 is 0 Å². The third kappa shape index (κ3) is 6.35. The molecule has 0 aromatic heterocycles. The normalized spacial score (nSPS) is 17.9. The van der Waals surface area contributed by atoms with Crippen molar-refractivity contribution in [3.63, 3.8) is 0 Å². The number of amides is 1. The molecule has 204 valence electrons. The highest BCUT2D eigenvalue weighted by atomic mass is 79.9. The van der Waals surface area contributed by atoms with E-state index in [-0.39, 0.29) is 12.5 Å². The minimum absolute atomic E-state index is 0.0746. The molecule has 0 aliphatic carbocycles. The van der Waals surface area contributed by atoms with E-state index in [1.165, 1.54) is 0 Å². The van der Waals surface area contributed by atoms with Crippen molar-refractivity contribution in [3.05, 3.63) is 130 Å². The van der Waals surface area contributed by atoms with Gasteiger partial charge in [-0.15, -0.1) is 0 Å².